The molecule has 8 nitrogen and oxygen atoms in total. The lowest BCUT2D eigenvalue weighted by Gasteiger charge is -2.36. The molecule has 0 bridgehead atoms. The number of methoxy groups -OCH3 is 1. The summed E-state index contributed by atoms with van der Waals surface area (Å²) in [6.07, 6.45) is 0. The number of hydrogen-bond donors (Lipinski definition) is 1. The summed E-state index contributed by atoms with van der Waals surface area (Å²) in [5, 5.41) is 4.44. The van der Waals surface area contributed by atoms with Gasteiger partial charge in [0.2, 0.25) is 10.0 Å². The molecule has 0 radical (unpaired) electrons. The molecule has 1 saturated heterocycles. The lowest BCUT2D eigenvalue weighted by Crippen LogP contribution is -2.49. The smallest absolute Gasteiger partial charge is 0.243 e. The van der Waals surface area contributed by atoms with E-state index in [0.29, 0.717) is 43.4 Å². The third kappa shape index (κ3) is 5.36. The molecule has 1 aromatic heterocycles. The van der Waals surface area contributed by atoms with Crippen molar-refractivity contribution in [3.8, 4) is 5.75 Å². The van der Waals surface area contributed by atoms with Gasteiger partial charge in [0.05, 0.1) is 23.6 Å². The largest absolute Gasteiger partial charge is 0.496 e. The molecule has 1 aliphatic heterocycles. The molecule has 0 spiro atoms. The highest BCUT2D eigenvalue weighted by atomic mass is 32.2. The second kappa shape index (κ2) is 11.1. The Morgan fingerprint density at radius 3 is 2.34 bits per heavy atom. The Morgan fingerprint density at radius 2 is 1.61 bits per heavy atom. The van der Waals surface area contributed by atoms with Crippen molar-refractivity contribution in [2.75, 3.05) is 38.6 Å². The summed E-state index contributed by atoms with van der Waals surface area (Å²) in [5.74, 6) is 2.30. The number of aryl methyl sites for hydroxylation is 1. The van der Waals surface area contributed by atoms with E-state index in [1.165, 1.54) is 0 Å². The number of hydrogen-bond acceptors (Lipinski definition) is 7. The predicted molar refractivity (Wildman–Crippen MR) is 150 cm³/mol. The van der Waals surface area contributed by atoms with E-state index in [9.17, 15) is 8.42 Å². The quantitative estimate of drug-likeness (QED) is 0.355. The van der Waals surface area contributed by atoms with Crippen LogP contribution in [0.15, 0.2) is 77.7 Å². The van der Waals surface area contributed by atoms with Gasteiger partial charge in [-0.3, -0.25) is 4.90 Å². The van der Waals surface area contributed by atoms with Crippen molar-refractivity contribution >= 4 is 26.7 Å². The first-order chi connectivity index (χ1) is 18.4. The maximum Gasteiger partial charge on any atom is 0.243 e. The molecular weight excluding hydrogens is 498 g/mol. The number of rotatable bonds is 8. The molecule has 198 valence electrons. The van der Waals surface area contributed by atoms with Crippen LogP contribution in [0.3, 0.4) is 0 Å². The van der Waals surface area contributed by atoms with Gasteiger partial charge in [0.1, 0.15) is 17.4 Å². The van der Waals surface area contributed by atoms with Crippen molar-refractivity contribution in [2.45, 2.75) is 31.3 Å². The fraction of sp³-hybridized carbons (Fsp3) is 0.310. The lowest BCUT2D eigenvalue weighted by molar-refractivity contribution is 0.141. The van der Waals surface area contributed by atoms with Gasteiger partial charge in [0.15, 0.2) is 0 Å². The summed E-state index contributed by atoms with van der Waals surface area (Å²) in [6.45, 7) is 6.65. The van der Waals surface area contributed by atoms with E-state index in [-0.39, 0.29) is 6.04 Å². The molecule has 9 heteroatoms. The van der Waals surface area contributed by atoms with E-state index in [2.05, 4.69) is 17.1 Å². The van der Waals surface area contributed by atoms with Crippen LogP contribution in [0, 0.1) is 6.92 Å². The molecule has 1 aliphatic rings. The van der Waals surface area contributed by atoms with Gasteiger partial charge in [-0.15, -0.1) is 0 Å². The molecule has 3 aromatic carbocycles. The summed E-state index contributed by atoms with van der Waals surface area (Å²) >= 11 is 0. The van der Waals surface area contributed by atoms with Gasteiger partial charge in [-0.1, -0.05) is 48.0 Å². The zero-order valence-electron chi connectivity index (χ0n) is 22.0. The van der Waals surface area contributed by atoms with Crippen molar-refractivity contribution in [1.29, 1.82) is 0 Å². The Morgan fingerprint density at radius 1 is 0.921 bits per heavy atom. The molecule has 2 heterocycles. The monoisotopic (exact) mass is 531 g/mol. The number of aromatic nitrogens is 2. The maximum atomic E-state index is 13.1. The third-order valence-corrected chi connectivity index (χ3v) is 9.03. The molecule has 1 fully saturated rings. The summed E-state index contributed by atoms with van der Waals surface area (Å²) in [5.41, 5.74) is 2.94. The Bertz CT molecular complexity index is 1520. The second-order valence-electron chi connectivity index (χ2n) is 9.54. The molecule has 5 rings (SSSR count). The number of para-hydroxylation sites is 2. The molecule has 0 aliphatic carbocycles. The molecule has 0 saturated carbocycles. The molecule has 0 unspecified atom stereocenters. The summed E-state index contributed by atoms with van der Waals surface area (Å²) in [4.78, 5) is 12.4. The first kappa shape index (κ1) is 26.1. The SMILES string of the molecule is COc1ccccc1CNc1nc([C@@H](C)N2CCN(S(=O)(=O)c3ccc(C)cc3)CC2)nc2ccccc12. The Balaban J connectivity index is 1.33. The van der Waals surface area contributed by atoms with Crippen LogP contribution < -0.4 is 10.1 Å². The van der Waals surface area contributed by atoms with Crippen LogP contribution in [0.2, 0.25) is 0 Å². The standard InChI is InChI=1S/C29H33N5O3S/c1-21-12-14-24(15-13-21)38(35,36)34-18-16-33(17-19-34)22(2)28-31-26-10-6-5-9-25(26)29(32-28)30-20-23-8-4-7-11-27(23)37-3/h4-15,22H,16-20H2,1-3H3,(H,30,31,32)/t22-/m1/s1. The second-order valence-corrected chi connectivity index (χ2v) is 11.5. The van der Waals surface area contributed by atoms with Gasteiger partial charge in [0, 0.05) is 43.7 Å². The van der Waals surface area contributed by atoms with Crippen LogP contribution in [0.1, 0.15) is 29.9 Å². The van der Waals surface area contributed by atoms with E-state index in [1.807, 2.05) is 67.6 Å². The predicted octanol–water partition coefficient (Wildman–Crippen LogP) is 4.63. The van der Waals surface area contributed by atoms with E-state index >= 15 is 0 Å². The van der Waals surface area contributed by atoms with Gasteiger partial charge in [-0.05, 0) is 44.2 Å². The number of nitrogens with one attached hydrogen (secondary N) is 1. The van der Waals surface area contributed by atoms with Crippen molar-refractivity contribution < 1.29 is 13.2 Å². The van der Waals surface area contributed by atoms with Crippen LogP contribution in [0.4, 0.5) is 5.82 Å². The van der Waals surface area contributed by atoms with Crippen LogP contribution in [-0.2, 0) is 16.6 Å². The van der Waals surface area contributed by atoms with Crippen LogP contribution in [-0.4, -0.2) is 60.9 Å². The Hall–Kier alpha value is -3.53. The molecule has 0 amide bonds. The average molecular weight is 532 g/mol. The number of anilines is 1. The highest BCUT2D eigenvalue weighted by molar-refractivity contribution is 7.89. The van der Waals surface area contributed by atoms with Gasteiger partial charge in [-0.25, -0.2) is 18.4 Å². The first-order valence-corrected chi connectivity index (χ1v) is 14.2. The van der Waals surface area contributed by atoms with Crippen molar-refractivity contribution in [3.63, 3.8) is 0 Å². The molecule has 1 atom stereocenters. The number of sulfonamides is 1. The van der Waals surface area contributed by atoms with Crippen LogP contribution in [0.25, 0.3) is 10.9 Å². The van der Waals surface area contributed by atoms with Crippen LogP contribution in [0.5, 0.6) is 5.75 Å². The lowest BCUT2D eigenvalue weighted by atomic mass is 10.1. The van der Waals surface area contributed by atoms with E-state index in [0.717, 1.165) is 33.6 Å². The zero-order chi connectivity index (χ0) is 26.7. The highest BCUT2D eigenvalue weighted by Gasteiger charge is 2.31. The summed E-state index contributed by atoms with van der Waals surface area (Å²) in [6, 6.07) is 22.8. The number of nitrogens with zero attached hydrogens (tertiary/aromatic N) is 4. The first-order valence-electron chi connectivity index (χ1n) is 12.8. The molecular formula is C29H33N5O3S. The van der Waals surface area contributed by atoms with Gasteiger partial charge < -0.3 is 10.1 Å². The maximum absolute atomic E-state index is 13.1. The highest BCUT2D eigenvalue weighted by Crippen LogP contribution is 2.28. The normalized spacial score (nSPS) is 15.9. The number of piperazine rings is 1. The number of benzene rings is 3. The molecule has 1 N–H and O–H groups in total. The topological polar surface area (TPSA) is 87.7 Å². The zero-order valence-corrected chi connectivity index (χ0v) is 22.8. The Kier molecular flexibility index (Phi) is 7.60. The minimum Gasteiger partial charge on any atom is -0.496 e. The van der Waals surface area contributed by atoms with Gasteiger partial charge in [0.25, 0.3) is 0 Å². The van der Waals surface area contributed by atoms with Gasteiger partial charge >= 0.3 is 0 Å². The van der Waals surface area contributed by atoms with E-state index in [1.54, 1.807) is 23.5 Å². The Labute approximate surface area is 224 Å². The fourth-order valence-electron chi connectivity index (χ4n) is 4.80. The average Bonchev–Trinajstić information content (AvgIpc) is 2.95. The van der Waals surface area contributed by atoms with Crippen LogP contribution >= 0.6 is 0 Å². The number of fused-ring (bicyclic) bond motifs is 1. The minimum absolute atomic E-state index is 0.0735. The summed E-state index contributed by atoms with van der Waals surface area (Å²) in [7, 11) is -1.84. The molecule has 38 heavy (non-hydrogen) atoms. The third-order valence-electron chi connectivity index (χ3n) is 7.11. The van der Waals surface area contributed by atoms with Crippen molar-refractivity contribution in [2.24, 2.45) is 0 Å². The minimum atomic E-state index is -3.51. The van der Waals surface area contributed by atoms with E-state index < -0.39 is 10.0 Å². The summed E-state index contributed by atoms with van der Waals surface area (Å²) < 4.78 is 33.3. The fourth-order valence-corrected chi connectivity index (χ4v) is 6.22. The van der Waals surface area contributed by atoms with E-state index in [4.69, 9.17) is 14.7 Å². The van der Waals surface area contributed by atoms with Crippen molar-refractivity contribution in [3.05, 3.63) is 89.7 Å². The number of ether oxygens (including phenoxy) is 1. The van der Waals surface area contributed by atoms with Crippen molar-refractivity contribution in [1.82, 2.24) is 19.2 Å². The van der Waals surface area contributed by atoms with Gasteiger partial charge in [-0.2, -0.15) is 4.31 Å². The molecule has 4 aromatic rings.